The standard InChI is InChI=1S/C13H22O6/c1-3-9-17-13(15)19-11-8-6-5-7-10(11)18-12(14)16-4-2/h10-11H,3-9H2,1-2H3. The summed E-state index contributed by atoms with van der Waals surface area (Å²) in [6.45, 7) is 4.20. The Morgan fingerprint density at radius 1 is 0.947 bits per heavy atom. The fourth-order valence-electron chi connectivity index (χ4n) is 1.95. The molecule has 1 fully saturated rings. The van der Waals surface area contributed by atoms with Gasteiger partial charge in [-0.3, -0.25) is 0 Å². The van der Waals surface area contributed by atoms with Crippen LogP contribution in [0.4, 0.5) is 9.59 Å². The third-order valence-electron chi connectivity index (χ3n) is 2.82. The molecule has 0 aromatic carbocycles. The summed E-state index contributed by atoms with van der Waals surface area (Å²) in [6, 6.07) is 0. The van der Waals surface area contributed by atoms with Crippen LogP contribution >= 0.6 is 0 Å². The van der Waals surface area contributed by atoms with E-state index >= 15 is 0 Å². The van der Waals surface area contributed by atoms with E-state index < -0.39 is 24.5 Å². The highest BCUT2D eigenvalue weighted by atomic mass is 16.8. The van der Waals surface area contributed by atoms with Crippen LogP contribution < -0.4 is 0 Å². The molecular formula is C13H22O6. The van der Waals surface area contributed by atoms with Gasteiger partial charge < -0.3 is 18.9 Å². The second-order valence-electron chi connectivity index (χ2n) is 4.38. The number of rotatable bonds is 5. The molecule has 0 heterocycles. The van der Waals surface area contributed by atoms with Gasteiger partial charge in [0.15, 0.2) is 0 Å². The number of ether oxygens (including phenoxy) is 4. The Morgan fingerprint density at radius 2 is 1.47 bits per heavy atom. The van der Waals surface area contributed by atoms with Crippen molar-refractivity contribution in [2.45, 2.75) is 58.2 Å². The first-order valence-electron chi connectivity index (χ1n) is 6.84. The maximum Gasteiger partial charge on any atom is 0.508 e. The van der Waals surface area contributed by atoms with Gasteiger partial charge in [-0.05, 0) is 39.0 Å². The van der Waals surface area contributed by atoms with Gasteiger partial charge in [0, 0.05) is 0 Å². The summed E-state index contributed by atoms with van der Waals surface area (Å²) in [5.74, 6) is 0. The zero-order valence-electron chi connectivity index (χ0n) is 11.6. The van der Waals surface area contributed by atoms with Crippen LogP contribution in [0.5, 0.6) is 0 Å². The quantitative estimate of drug-likeness (QED) is 0.717. The molecule has 110 valence electrons. The van der Waals surface area contributed by atoms with Crippen molar-refractivity contribution in [2.24, 2.45) is 0 Å². The first-order valence-corrected chi connectivity index (χ1v) is 6.84. The Balaban J connectivity index is 2.43. The van der Waals surface area contributed by atoms with E-state index in [1.54, 1.807) is 6.92 Å². The van der Waals surface area contributed by atoms with E-state index in [2.05, 4.69) is 0 Å². The van der Waals surface area contributed by atoms with Crippen molar-refractivity contribution in [1.29, 1.82) is 0 Å². The third kappa shape index (κ3) is 5.81. The molecule has 2 atom stereocenters. The van der Waals surface area contributed by atoms with Crippen molar-refractivity contribution >= 4 is 12.3 Å². The molecule has 0 radical (unpaired) electrons. The van der Waals surface area contributed by atoms with E-state index in [0.29, 0.717) is 19.4 Å². The van der Waals surface area contributed by atoms with Crippen LogP contribution in [0.3, 0.4) is 0 Å². The fraction of sp³-hybridized carbons (Fsp3) is 0.846. The van der Waals surface area contributed by atoms with Crippen molar-refractivity contribution in [3.05, 3.63) is 0 Å². The molecule has 1 saturated carbocycles. The van der Waals surface area contributed by atoms with E-state index in [-0.39, 0.29) is 6.61 Å². The minimum absolute atomic E-state index is 0.260. The molecule has 0 aromatic heterocycles. The Labute approximate surface area is 113 Å². The van der Waals surface area contributed by atoms with E-state index in [1.807, 2.05) is 6.92 Å². The molecule has 0 saturated heterocycles. The van der Waals surface area contributed by atoms with Crippen LogP contribution in [-0.4, -0.2) is 37.7 Å². The van der Waals surface area contributed by atoms with E-state index in [4.69, 9.17) is 18.9 Å². The van der Waals surface area contributed by atoms with Crippen LogP contribution in [-0.2, 0) is 18.9 Å². The highest BCUT2D eigenvalue weighted by molar-refractivity contribution is 5.61. The average Bonchev–Trinajstić information content (AvgIpc) is 2.39. The van der Waals surface area contributed by atoms with Crippen LogP contribution in [0.2, 0.25) is 0 Å². The summed E-state index contributed by atoms with van der Waals surface area (Å²) >= 11 is 0. The maximum absolute atomic E-state index is 11.4. The van der Waals surface area contributed by atoms with Gasteiger partial charge in [0.1, 0.15) is 12.2 Å². The molecule has 0 aliphatic heterocycles. The van der Waals surface area contributed by atoms with Gasteiger partial charge in [0.05, 0.1) is 13.2 Å². The van der Waals surface area contributed by atoms with Gasteiger partial charge in [-0.25, -0.2) is 9.59 Å². The summed E-state index contributed by atoms with van der Waals surface area (Å²) in [5, 5.41) is 0. The Hall–Kier alpha value is -1.46. The van der Waals surface area contributed by atoms with Gasteiger partial charge in [-0.15, -0.1) is 0 Å². The zero-order chi connectivity index (χ0) is 14.1. The molecule has 0 spiro atoms. The lowest BCUT2D eigenvalue weighted by Crippen LogP contribution is -2.38. The Kier molecular flexibility index (Phi) is 7.07. The zero-order valence-corrected chi connectivity index (χ0v) is 11.6. The molecule has 1 rings (SSSR count). The minimum atomic E-state index is -0.718. The van der Waals surface area contributed by atoms with Gasteiger partial charge in [0.25, 0.3) is 0 Å². The van der Waals surface area contributed by atoms with Gasteiger partial charge in [-0.1, -0.05) is 6.92 Å². The fourth-order valence-corrected chi connectivity index (χ4v) is 1.95. The molecule has 0 bridgehead atoms. The largest absolute Gasteiger partial charge is 0.508 e. The molecule has 6 heteroatoms. The van der Waals surface area contributed by atoms with E-state index in [0.717, 1.165) is 19.3 Å². The molecule has 1 aliphatic carbocycles. The second kappa shape index (κ2) is 8.61. The summed E-state index contributed by atoms with van der Waals surface area (Å²) in [6.07, 6.45) is 1.65. The van der Waals surface area contributed by atoms with Crippen molar-refractivity contribution in [2.75, 3.05) is 13.2 Å². The smallest absolute Gasteiger partial charge is 0.435 e. The number of carbonyl (C=O) groups excluding carboxylic acids is 2. The van der Waals surface area contributed by atoms with Crippen molar-refractivity contribution in [3.63, 3.8) is 0 Å². The molecular weight excluding hydrogens is 252 g/mol. The van der Waals surface area contributed by atoms with Crippen LogP contribution in [0.15, 0.2) is 0 Å². The summed E-state index contributed by atoms with van der Waals surface area (Å²) in [4.78, 5) is 22.7. The number of carbonyl (C=O) groups is 2. The highest BCUT2D eigenvalue weighted by Gasteiger charge is 2.32. The van der Waals surface area contributed by atoms with Crippen LogP contribution in [0.1, 0.15) is 46.0 Å². The second-order valence-corrected chi connectivity index (χ2v) is 4.38. The molecule has 0 N–H and O–H groups in total. The summed E-state index contributed by atoms with van der Waals surface area (Å²) in [5.41, 5.74) is 0. The average molecular weight is 274 g/mol. The molecule has 1 aliphatic rings. The highest BCUT2D eigenvalue weighted by Crippen LogP contribution is 2.24. The SMILES string of the molecule is CCCOC(=O)OC1CCCCC1OC(=O)OCC. The lowest BCUT2D eigenvalue weighted by atomic mass is 9.95. The van der Waals surface area contributed by atoms with E-state index in [1.165, 1.54) is 0 Å². The Morgan fingerprint density at radius 3 is 1.95 bits per heavy atom. The topological polar surface area (TPSA) is 71.1 Å². The monoisotopic (exact) mass is 274 g/mol. The molecule has 19 heavy (non-hydrogen) atoms. The first kappa shape index (κ1) is 15.6. The molecule has 6 nitrogen and oxygen atoms in total. The molecule has 0 amide bonds. The number of hydrogen-bond donors (Lipinski definition) is 0. The van der Waals surface area contributed by atoms with Crippen molar-refractivity contribution < 1.29 is 28.5 Å². The maximum atomic E-state index is 11.4. The van der Waals surface area contributed by atoms with Crippen molar-refractivity contribution in [1.82, 2.24) is 0 Å². The molecule has 0 aromatic rings. The minimum Gasteiger partial charge on any atom is -0.435 e. The van der Waals surface area contributed by atoms with Crippen LogP contribution in [0, 0.1) is 0 Å². The molecule has 2 unspecified atom stereocenters. The van der Waals surface area contributed by atoms with Crippen LogP contribution in [0.25, 0.3) is 0 Å². The van der Waals surface area contributed by atoms with E-state index in [9.17, 15) is 9.59 Å². The third-order valence-corrected chi connectivity index (χ3v) is 2.82. The van der Waals surface area contributed by atoms with Gasteiger partial charge in [0.2, 0.25) is 0 Å². The summed E-state index contributed by atoms with van der Waals surface area (Å²) < 4.78 is 19.9. The van der Waals surface area contributed by atoms with Gasteiger partial charge >= 0.3 is 12.3 Å². The lowest BCUT2D eigenvalue weighted by molar-refractivity contribution is -0.0703. The lowest BCUT2D eigenvalue weighted by Gasteiger charge is -2.29. The summed E-state index contributed by atoms with van der Waals surface area (Å²) in [7, 11) is 0. The predicted octanol–water partition coefficient (Wildman–Crippen LogP) is 3.03. The number of hydrogen-bond acceptors (Lipinski definition) is 6. The normalized spacial score (nSPS) is 22.4. The van der Waals surface area contributed by atoms with Crippen molar-refractivity contribution in [3.8, 4) is 0 Å². The van der Waals surface area contributed by atoms with Gasteiger partial charge in [-0.2, -0.15) is 0 Å². The Bertz CT molecular complexity index is 291. The predicted molar refractivity (Wildman–Crippen MR) is 66.9 cm³/mol. The first-order chi connectivity index (χ1) is 9.17.